The molecule has 0 atom stereocenters. The quantitative estimate of drug-likeness (QED) is 0.569. The van der Waals surface area contributed by atoms with Crippen LogP contribution in [0.3, 0.4) is 0 Å². The number of thiazole rings is 1. The maximum atomic E-state index is 5.54. The molecule has 4 aromatic heterocycles. The molecule has 28 heavy (non-hydrogen) atoms. The first-order valence-electron chi connectivity index (χ1n) is 9.26. The molecule has 142 valence electrons. The summed E-state index contributed by atoms with van der Waals surface area (Å²) in [6.45, 7) is 4.09. The second-order valence-electron chi connectivity index (χ2n) is 6.77. The molecule has 1 fully saturated rings. The van der Waals surface area contributed by atoms with E-state index in [1.165, 1.54) is 5.01 Å². The van der Waals surface area contributed by atoms with Crippen molar-refractivity contribution in [2.75, 3.05) is 13.1 Å². The van der Waals surface area contributed by atoms with Crippen LogP contribution in [0.25, 0.3) is 28.0 Å². The van der Waals surface area contributed by atoms with Gasteiger partial charge in [0.1, 0.15) is 4.88 Å². The van der Waals surface area contributed by atoms with E-state index in [0.29, 0.717) is 17.6 Å². The maximum absolute atomic E-state index is 5.54. The Hall–Kier alpha value is -2.91. The normalized spacial score (nSPS) is 15.2. The van der Waals surface area contributed by atoms with Crippen molar-refractivity contribution in [3.05, 3.63) is 47.5 Å². The van der Waals surface area contributed by atoms with Gasteiger partial charge in [-0.25, -0.2) is 14.6 Å². The molecule has 1 aliphatic rings. The molecule has 1 N–H and O–H groups in total. The number of rotatable bonds is 4. The Bertz CT molecular complexity index is 1060. The van der Waals surface area contributed by atoms with Gasteiger partial charge in [-0.3, -0.25) is 0 Å². The summed E-state index contributed by atoms with van der Waals surface area (Å²) in [5.74, 6) is 2.29. The van der Waals surface area contributed by atoms with E-state index in [-0.39, 0.29) is 0 Å². The number of nitrogens with zero attached hydrogens (tertiary/aromatic N) is 6. The molecule has 0 aliphatic carbocycles. The van der Waals surface area contributed by atoms with Crippen LogP contribution in [0.2, 0.25) is 0 Å². The second-order valence-corrected chi connectivity index (χ2v) is 7.80. The zero-order chi connectivity index (χ0) is 18.9. The van der Waals surface area contributed by atoms with Crippen LogP contribution in [0.15, 0.2) is 41.3 Å². The number of aryl methyl sites for hydroxylation is 1. The highest BCUT2D eigenvalue weighted by atomic mass is 32.1. The number of hydrogen-bond acceptors (Lipinski definition) is 8. The third-order valence-electron chi connectivity index (χ3n) is 4.87. The highest BCUT2D eigenvalue weighted by Gasteiger charge is 2.23. The highest BCUT2D eigenvalue weighted by Crippen LogP contribution is 2.36. The van der Waals surface area contributed by atoms with Gasteiger partial charge in [-0.15, -0.1) is 11.3 Å². The summed E-state index contributed by atoms with van der Waals surface area (Å²) < 4.78 is 7.24. The van der Waals surface area contributed by atoms with Gasteiger partial charge >= 0.3 is 0 Å². The minimum absolute atomic E-state index is 0.514. The van der Waals surface area contributed by atoms with Gasteiger partial charge in [0.15, 0.2) is 5.82 Å². The van der Waals surface area contributed by atoms with Crippen molar-refractivity contribution in [2.24, 2.45) is 0 Å². The lowest BCUT2D eigenvalue weighted by molar-refractivity contribution is 0.433. The number of aromatic nitrogens is 6. The Morgan fingerprint density at radius 3 is 2.86 bits per heavy atom. The molecule has 0 radical (unpaired) electrons. The van der Waals surface area contributed by atoms with Crippen LogP contribution in [-0.4, -0.2) is 43.0 Å². The van der Waals surface area contributed by atoms with Crippen molar-refractivity contribution in [1.29, 1.82) is 0 Å². The van der Waals surface area contributed by atoms with Crippen molar-refractivity contribution in [3.63, 3.8) is 0 Å². The first-order chi connectivity index (χ1) is 13.8. The van der Waals surface area contributed by atoms with Gasteiger partial charge in [-0.05, 0) is 51.1 Å². The Balaban J connectivity index is 1.39. The van der Waals surface area contributed by atoms with Gasteiger partial charge in [0, 0.05) is 30.1 Å². The number of piperidine rings is 1. The minimum atomic E-state index is 0.514. The zero-order valence-corrected chi connectivity index (χ0v) is 16.2. The molecule has 0 spiro atoms. The summed E-state index contributed by atoms with van der Waals surface area (Å²) in [6, 6.07) is 5.65. The molecule has 9 heteroatoms. The van der Waals surface area contributed by atoms with Crippen LogP contribution in [0.1, 0.15) is 29.5 Å². The summed E-state index contributed by atoms with van der Waals surface area (Å²) in [6.07, 6.45) is 7.54. The van der Waals surface area contributed by atoms with Crippen LogP contribution in [0.5, 0.6) is 0 Å². The van der Waals surface area contributed by atoms with E-state index in [0.717, 1.165) is 47.9 Å². The molecule has 1 aliphatic heterocycles. The first kappa shape index (κ1) is 17.2. The predicted molar refractivity (Wildman–Crippen MR) is 105 cm³/mol. The van der Waals surface area contributed by atoms with Crippen molar-refractivity contribution in [2.45, 2.75) is 25.7 Å². The average molecular weight is 393 g/mol. The van der Waals surface area contributed by atoms with E-state index in [4.69, 9.17) is 9.51 Å². The highest BCUT2D eigenvalue weighted by molar-refractivity contribution is 7.15. The van der Waals surface area contributed by atoms with Gasteiger partial charge in [0.05, 0.1) is 10.7 Å². The van der Waals surface area contributed by atoms with Gasteiger partial charge in [0.25, 0.3) is 5.89 Å². The first-order valence-corrected chi connectivity index (χ1v) is 10.1. The van der Waals surface area contributed by atoms with Crippen LogP contribution in [0.4, 0.5) is 0 Å². The maximum Gasteiger partial charge on any atom is 0.270 e. The van der Waals surface area contributed by atoms with Crippen molar-refractivity contribution >= 4 is 11.3 Å². The Morgan fingerprint density at radius 2 is 2.11 bits per heavy atom. The van der Waals surface area contributed by atoms with E-state index in [1.807, 2.05) is 31.3 Å². The Kier molecular flexibility index (Phi) is 4.46. The van der Waals surface area contributed by atoms with E-state index < -0.39 is 0 Å². The molecule has 0 saturated carbocycles. The van der Waals surface area contributed by atoms with E-state index in [1.54, 1.807) is 28.4 Å². The largest absolute Gasteiger partial charge is 0.333 e. The molecule has 1 saturated heterocycles. The van der Waals surface area contributed by atoms with Crippen molar-refractivity contribution in [3.8, 4) is 28.0 Å². The fourth-order valence-electron chi connectivity index (χ4n) is 3.35. The van der Waals surface area contributed by atoms with E-state index in [2.05, 4.69) is 25.5 Å². The molecule has 4 aromatic rings. The molecule has 8 nitrogen and oxygen atoms in total. The Morgan fingerprint density at radius 1 is 1.21 bits per heavy atom. The third-order valence-corrected chi connectivity index (χ3v) is 6.17. The molecule has 0 aromatic carbocycles. The molecular formula is C19H19N7OS. The summed E-state index contributed by atoms with van der Waals surface area (Å²) in [5.41, 5.74) is 1.74. The molecule has 5 rings (SSSR count). The lowest BCUT2D eigenvalue weighted by Gasteiger charge is -2.20. The standard InChI is InChI=1S/C19H19N7OS/c1-12-16(28-19(23-12)13-5-8-20-9-6-13)18-24-17(25-27-18)14-3-4-15(21-11-14)26-10-2-7-22-26/h2-4,7,10-11,13,20H,5-6,8-9H2,1H3. The summed E-state index contributed by atoms with van der Waals surface area (Å²) >= 11 is 1.67. The lowest BCUT2D eigenvalue weighted by Crippen LogP contribution is -2.26. The second kappa shape index (κ2) is 7.25. The minimum Gasteiger partial charge on any atom is -0.333 e. The van der Waals surface area contributed by atoms with Crippen LogP contribution < -0.4 is 5.32 Å². The van der Waals surface area contributed by atoms with Gasteiger partial charge in [0.2, 0.25) is 5.82 Å². The number of hydrogen-bond donors (Lipinski definition) is 1. The van der Waals surface area contributed by atoms with E-state index >= 15 is 0 Å². The fraction of sp³-hybridized carbons (Fsp3) is 0.316. The van der Waals surface area contributed by atoms with Crippen LogP contribution >= 0.6 is 11.3 Å². The number of pyridine rings is 1. The molecule has 0 bridgehead atoms. The summed E-state index contributed by atoms with van der Waals surface area (Å²) in [5, 5.41) is 12.9. The SMILES string of the molecule is Cc1nc(C2CCNCC2)sc1-c1nc(-c2ccc(-n3cccn3)nc2)no1. The van der Waals surface area contributed by atoms with Gasteiger partial charge in [-0.1, -0.05) is 5.16 Å². The fourth-order valence-corrected chi connectivity index (χ4v) is 4.51. The topological polar surface area (TPSA) is 94.6 Å². The molecule has 5 heterocycles. The Labute approximate surface area is 165 Å². The summed E-state index contributed by atoms with van der Waals surface area (Å²) in [4.78, 5) is 14.7. The third kappa shape index (κ3) is 3.23. The van der Waals surface area contributed by atoms with Crippen LogP contribution in [0, 0.1) is 6.92 Å². The average Bonchev–Trinajstić information content (AvgIpc) is 3.49. The number of nitrogens with one attached hydrogen (secondary N) is 1. The zero-order valence-electron chi connectivity index (χ0n) is 15.4. The van der Waals surface area contributed by atoms with Crippen molar-refractivity contribution in [1.82, 2.24) is 35.2 Å². The summed E-state index contributed by atoms with van der Waals surface area (Å²) in [7, 11) is 0. The van der Waals surface area contributed by atoms with Gasteiger partial charge in [-0.2, -0.15) is 10.1 Å². The molecule has 0 unspecified atom stereocenters. The monoisotopic (exact) mass is 393 g/mol. The van der Waals surface area contributed by atoms with Crippen LogP contribution in [-0.2, 0) is 0 Å². The lowest BCUT2D eigenvalue weighted by atomic mass is 9.99. The van der Waals surface area contributed by atoms with E-state index in [9.17, 15) is 0 Å². The predicted octanol–water partition coefficient (Wildman–Crippen LogP) is 3.22. The molecular weight excluding hydrogens is 374 g/mol. The van der Waals surface area contributed by atoms with Crippen molar-refractivity contribution < 1.29 is 4.52 Å². The smallest absolute Gasteiger partial charge is 0.270 e. The van der Waals surface area contributed by atoms with Gasteiger partial charge < -0.3 is 9.84 Å². The molecule has 0 amide bonds.